The first-order chi connectivity index (χ1) is 14.3. The number of carbonyl (C=O) groups excluding carboxylic acids is 2. The van der Waals surface area contributed by atoms with Gasteiger partial charge in [0, 0.05) is 0 Å². The maximum Gasteiger partial charge on any atom is 0.338 e. The number of hydrogen-bond acceptors (Lipinski definition) is 7. The lowest BCUT2D eigenvalue weighted by molar-refractivity contribution is -0.123. The molecule has 0 saturated heterocycles. The van der Waals surface area contributed by atoms with Crippen LogP contribution in [0, 0.1) is 3.95 Å². The summed E-state index contributed by atoms with van der Waals surface area (Å²) in [7, 11) is 0. The number of hydrogen-bond donors (Lipinski definition) is 1. The van der Waals surface area contributed by atoms with Crippen LogP contribution in [0.1, 0.15) is 17.3 Å². The highest BCUT2D eigenvalue weighted by Crippen LogP contribution is 2.29. The molecule has 0 radical (unpaired) electrons. The maximum absolute atomic E-state index is 12.4. The van der Waals surface area contributed by atoms with Gasteiger partial charge in [-0.25, -0.2) is 9.48 Å². The number of ether oxygens (including phenoxy) is 1. The molecule has 3 aromatic rings. The Morgan fingerprint density at radius 2 is 1.93 bits per heavy atom. The summed E-state index contributed by atoms with van der Waals surface area (Å²) in [5, 5.41) is 7.52. The highest BCUT2D eigenvalue weighted by Gasteiger charge is 2.20. The third-order valence-electron chi connectivity index (χ3n) is 3.91. The Hall–Kier alpha value is -1.91. The normalized spacial score (nSPS) is 11.7. The van der Waals surface area contributed by atoms with Crippen LogP contribution in [-0.4, -0.2) is 34.0 Å². The number of carbonyl (C=O) groups is 2. The molecule has 1 amide bonds. The van der Waals surface area contributed by atoms with Gasteiger partial charge in [-0.05, 0) is 61.8 Å². The summed E-state index contributed by atoms with van der Waals surface area (Å²) in [5.74, 6) is -1.16. The van der Waals surface area contributed by atoms with Gasteiger partial charge < -0.3 is 10.1 Å². The monoisotopic (exact) mass is 499 g/mol. The summed E-state index contributed by atoms with van der Waals surface area (Å²) >= 11 is 20.2. The highest BCUT2D eigenvalue weighted by molar-refractivity contribution is 8.00. The van der Waals surface area contributed by atoms with Crippen molar-refractivity contribution in [1.29, 1.82) is 0 Å². The Labute approximate surface area is 196 Å². The molecule has 0 bridgehead atoms. The first-order valence-corrected chi connectivity index (χ1v) is 11.7. The van der Waals surface area contributed by atoms with Gasteiger partial charge in [-0.3, -0.25) is 4.79 Å². The lowest BCUT2D eigenvalue weighted by atomic mass is 10.2. The van der Waals surface area contributed by atoms with Crippen molar-refractivity contribution in [2.75, 3.05) is 11.6 Å². The van der Waals surface area contributed by atoms with Crippen molar-refractivity contribution in [3.63, 3.8) is 0 Å². The van der Waals surface area contributed by atoms with Crippen LogP contribution in [0.4, 0.5) is 5.69 Å². The van der Waals surface area contributed by atoms with E-state index in [9.17, 15) is 9.59 Å². The number of anilines is 1. The quantitative estimate of drug-likeness (QED) is 0.259. The molecule has 0 aliphatic carbocycles. The predicted octanol–water partition coefficient (Wildman–Crippen LogP) is 5.88. The minimum absolute atomic E-state index is 0.215. The van der Waals surface area contributed by atoms with E-state index >= 15 is 0 Å². The summed E-state index contributed by atoms with van der Waals surface area (Å²) in [6.45, 7) is 1.47. The number of nitrogens with one attached hydrogen (secondary N) is 1. The molecule has 1 N–H and O–H groups in total. The zero-order chi connectivity index (χ0) is 21.8. The molecule has 1 heterocycles. The standard InChI is InChI=1S/C19H15Cl2N3O3S3/c1-10(16(25)22-14-5-3-4-13(20)15(14)21)27-17(26)11-6-8-12(9-7-11)24-19(28)30-18(23-24)29-2/h3-10H,1-2H3,(H,22,25)/t10-/m0/s1. The second-order valence-electron chi connectivity index (χ2n) is 5.93. The number of nitrogens with zero attached hydrogens (tertiary/aromatic N) is 2. The average molecular weight is 500 g/mol. The molecular formula is C19H15Cl2N3O3S3. The largest absolute Gasteiger partial charge is 0.449 e. The van der Waals surface area contributed by atoms with Crippen molar-refractivity contribution in [2.45, 2.75) is 17.4 Å². The molecule has 0 fully saturated rings. The van der Waals surface area contributed by atoms with Crippen molar-refractivity contribution < 1.29 is 14.3 Å². The molecule has 0 aliphatic heterocycles. The first-order valence-electron chi connectivity index (χ1n) is 8.50. The number of aromatic nitrogens is 2. The molecule has 0 saturated carbocycles. The number of rotatable bonds is 6. The Balaban J connectivity index is 1.66. The van der Waals surface area contributed by atoms with Crippen LogP contribution in [-0.2, 0) is 9.53 Å². The van der Waals surface area contributed by atoms with E-state index in [4.69, 9.17) is 40.2 Å². The van der Waals surface area contributed by atoms with Gasteiger partial charge >= 0.3 is 5.97 Å². The SMILES string of the molecule is CSc1nn(-c2ccc(C(=O)O[C@@H](C)C(=O)Nc3cccc(Cl)c3Cl)cc2)c(=S)s1. The fourth-order valence-electron chi connectivity index (χ4n) is 2.36. The Morgan fingerprint density at radius 1 is 1.23 bits per heavy atom. The topological polar surface area (TPSA) is 73.2 Å². The van der Waals surface area contributed by atoms with Gasteiger partial charge in [0.25, 0.3) is 5.91 Å². The Morgan fingerprint density at radius 3 is 2.57 bits per heavy atom. The highest BCUT2D eigenvalue weighted by atomic mass is 35.5. The number of amides is 1. The van der Waals surface area contributed by atoms with Crippen molar-refractivity contribution in [2.24, 2.45) is 0 Å². The third-order valence-corrected chi connectivity index (χ3v) is 6.94. The summed E-state index contributed by atoms with van der Waals surface area (Å²) < 4.78 is 8.35. The van der Waals surface area contributed by atoms with Crippen molar-refractivity contribution >= 4 is 76.1 Å². The summed E-state index contributed by atoms with van der Waals surface area (Å²) in [5.41, 5.74) is 1.37. The summed E-state index contributed by atoms with van der Waals surface area (Å²) in [6.07, 6.45) is 0.887. The second kappa shape index (κ2) is 9.93. The van der Waals surface area contributed by atoms with Gasteiger partial charge in [0.2, 0.25) is 0 Å². The number of halogens is 2. The molecule has 2 aromatic carbocycles. The number of thioether (sulfide) groups is 1. The molecule has 0 unspecified atom stereocenters. The van der Waals surface area contributed by atoms with E-state index < -0.39 is 18.0 Å². The van der Waals surface area contributed by atoms with E-state index in [0.717, 1.165) is 10.0 Å². The minimum atomic E-state index is -1.04. The molecule has 1 atom stereocenters. The fraction of sp³-hybridized carbons (Fsp3) is 0.158. The third kappa shape index (κ3) is 5.22. The molecule has 30 heavy (non-hydrogen) atoms. The fourth-order valence-corrected chi connectivity index (χ4v) is 4.49. The van der Waals surface area contributed by atoms with Gasteiger partial charge in [-0.1, -0.05) is 52.4 Å². The molecule has 1 aromatic heterocycles. The molecule has 156 valence electrons. The molecule has 3 rings (SSSR count). The van der Waals surface area contributed by atoms with E-state index in [2.05, 4.69) is 10.4 Å². The minimum Gasteiger partial charge on any atom is -0.449 e. The van der Waals surface area contributed by atoms with E-state index in [0.29, 0.717) is 20.2 Å². The first kappa shape index (κ1) is 22.8. The lowest BCUT2D eigenvalue weighted by Gasteiger charge is -2.14. The van der Waals surface area contributed by atoms with Crippen molar-refractivity contribution in [3.8, 4) is 5.69 Å². The Bertz CT molecular complexity index is 1150. The van der Waals surface area contributed by atoms with Crippen molar-refractivity contribution in [3.05, 3.63) is 62.0 Å². The zero-order valence-electron chi connectivity index (χ0n) is 15.7. The van der Waals surface area contributed by atoms with Gasteiger partial charge in [0.1, 0.15) is 0 Å². The summed E-state index contributed by atoms with van der Waals surface area (Å²) in [6, 6.07) is 11.5. The average Bonchev–Trinajstić information content (AvgIpc) is 3.12. The Kier molecular flexibility index (Phi) is 7.54. The molecule has 0 spiro atoms. The number of benzene rings is 2. The van der Waals surface area contributed by atoms with Crippen LogP contribution >= 0.6 is 58.5 Å². The van der Waals surface area contributed by atoms with Gasteiger partial charge in [-0.2, -0.15) is 0 Å². The van der Waals surface area contributed by atoms with Gasteiger partial charge in [0.05, 0.1) is 27.0 Å². The van der Waals surface area contributed by atoms with E-state index in [-0.39, 0.29) is 5.02 Å². The molecule has 6 nitrogen and oxygen atoms in total. The van der Waals surface area contributed by atoms with Crippen LogP contribution in [0.25, 0.3) is 5.69 Å². The van der Waals surface area contributed by atoms with E-state index in [1.165, 1.54) is 30.0 Å². The van der Waals surface area contributed by atoms with Crippen LogP contribution in [0.5, 0.6) is 0 Å². The van der Waals surface area contributed by atoms with Gasteiger partial charge in [0.15, 0.2) is 14.4 Å². The predicted molar refractivity (Wildman–Crippen MR) is 124 cm³/mol. The van der Waals surface area contributed by atoms with E-state index in [1.807, 2.05) is 6.26 Å². The lowest BCUT2D eigenvalue weighted by Crippen LogP contribution is -2.30. The number of esters is 1. The van der Waals surface area contributed by atoms with Gasteiger partial charge in [-0.15, -0.1) is 5.10 Å². The molecule has 0 aliphatic rings. The zero-order valence-corrected chi connectivity index (χ0v) is 19.7. The van der Waals surface area contributed by atoms with Crippen LogP contribution in [0.3, 0.4) is 0 Å². The van der Waals surface area contributed by atoms with Crippen molar-refractivity contribution in [1.82, 2.24) is 9.78 Å². The maximum atomic E-state index is 12.4. The molecular weight excluding hydrogens is 485 g/mol. The smallest absolute Gasteiger partial charge is 0.338 e. The second-order valence-corrected chi connectivity index (χ2v) is 9.40. The summed E-state index contributed by atoms with van der Waals surface area (Å²) in [4.78, 5) is 24.7. The van der Waals surface area contributed by atoms with E-state index in [1.54, 1.807) is 47.1 Å². The molecule has 11 heteroatoms. The van der Waals surface area contributed by atoms with Crippen LogP contribution in [0.15, 0.2) is 46.8 Å². The van der Waals surface area contributed by atoms with Crippen LogP contribution < -0.4 is 5.32 Å². The van der Waals surface area contributed by atoms with Crippen LogP contribution in [0.2, 0.25) is 10.0 Å².